The van der Waals surface area contributed by atoms with Crippen molar-refractivity contribution in [2.45, 2.75) is 45.6 Å². The molecule has 3 aromatic carbocycles. The number of rotatable bonds is 17. The average Bonchev–Trinajstić information content (AvgIpc) is 3.08. The molecule has 269 valence electrons. The predicted molar refractivity (Wildman–Crippen MR) is 134 cm³/mol. The van der Waals surface area contributed by atoms with Gasteiger partial charge in [0, 0.05) is 0 Å². The van der Waals surface area contributed by atoms with E-state index in [-0.39, 0.29) is 25.2 Å². The molecule has 0 fully saturated rings. The fourth-order valence-electron chi connectivity index (χ4n) is 4.22. The summed E-state index contributed by atoms with van der Waals surface area (Å²) in [6.07, 6.45) is 0. The second-order valence-electron chi connectivity index (χ2n) is 9.79. The van der Waals surface area contributed by atoms with E-state index in [9.17, 15) is 52.7 Å². The van der Waals surface area contributed by atoms with Crippen molar-refractivity contribution in [1.82, 2.24) is 0 Å². The van der Waals surface area contributed by atoms with E-state index in [0.717, 1.165) is 21.3 Å². The maximum absolute atomic E-state index is 14.8. The van der Waals surface area contributed by atoms with Crippen LogP contribution in [0.4, 0.5) is 52.7 Å². The van der Waals surface area contributed by atoms with Crippen molar-refractivity contribution in [3.05, 3.63) is 103 Å². The molecule has 0 aliphatic rings. The van der Waals surface area contributed by atoms with Crippen molar-refractivity contribution in [2.75, 3.05) is 27.9 Å². The Bertz CT molecular complexity index is 1510. The number of ether oxygens (including phenoxy) is 6. The Kier molecular flexibility index (Phi) is 14.6. The summed E-state index contributed by atoms with van der Waals surface area (Å²) in [6, 6.07) is 0. The molecule has 0 radical (unpaired) electrons. The summed E-state index contributed by atoms with van der Waals surface area (Å²) in [5.41, 5.74) is -7.62. The molecule has 0 aliphatic carbocycles. The van der Waals surface area contributed by atoms with Gasteiger partial charge in [-0.2, -0.15) is 0 Å². The van der Waals surface area contributed by atoms with Crippen molar-refractivity contribution in [3.63, 3.8) is 0 Å². The summed E-state index contributed by atoms with van der Waals surface area (Å²) in [5.74, 6) is -26.2. The Morgan fingerprint density at radius 1 is 0.388 bits per heavy atom. The van der Waals surface area contributed by atoms with Gasteiger partial charge >= 0.3 is 286 Å². The molecule has 0 unspecified atom stereocenters. The van der Waals surface area contributed by atoms with Crippen molar-refractivity contribution >= 4 is 0 Å². The van der Waals surface area contributed by atoms with Crippen LogP contribution < -0.4 is 0 Å². The van der Waals surface area contributed by atoms with E-state index in [1.54, 1.807) is 0 Å². The Balaban J connectivity index is 2.02. The van der Waals surface area contributed by atoms with Crippen LogP contribution in [0.25, 0.3) is 0 Å². The maximum atomic E-state index is 14.8. The molecule has 0 saturated carbocycles. The minimum atomic E-state index is -3.01. The summed E-state index contributed by atoms with van der Waals surface area (Å²) >= 11 is -0.116. The predicted octanol–water partition coefficient (Wildman–Crippen LogP) is 6.88. The Hall–Kier alpha value is -2.58. The number of benzene rings is 3. The molecule has 7 nitrogen and oxygen atoms in total. The SMILES string of the molecule is COCc1c(F)c(F)c(COCC([O][Zr])(OCc2c(F)c(F)c(COC)c(F)c2F)OCc2c(F)c(F)c(COC)c(F)c2F)c(F)c1F. The first-order valence-electron chi connectivity index (χ1n) is 13.3. The average molecular weight is 803 g/mol. The van der Waals surface area contributed by atoms with E-state index in [1.807, 2.05) is 0 Å². The normalized spacial score (nSPS) is 12.0. The molecular formula is C29H23F12O7Zr. The van der Waals surface area contributed by atoms with Crippen LogP contribution in [0.2, 0.25) is 0 Å². The van der Waals surface area contributed by atoms with Gasteiger partial charge in [0.25, 0.3) is 0 Å². The van der Waals surface area contributed by atoms with Crippen LogP contribution in [-0.2, 0) is 96.0 Å². The topological polar surface area (TPSA) is 64.6 Å². The fraction of sp³-hybridized carbons (Fsp3) is 0.379. The van der Waals surface area contributed by atoms with E-state index >= 15 is 0 Å². The number of hydrogen-bond donors (Lipinski definition) is 0. The van der Waals surface area contributed by atoms with Gasteiger partial charge in [-0.1, -0.05) is 0 Å². The van der Waals surface area contributed by atoms with Crippen LogP contribution in [-0.4, -0.2) is 33.9 Å². The van der Waals surface area contributed by atoms with Gasteiger partial charge in [0.2, 0.25) is 0 Å². The molecule has 0 spiro atoms. The summed E-state index contributed by atoms with van der Waals surface area (Å²) in [7, 11) is 2.93. The third kappa shape index (κ3) is 8.49. The van der Waals surface area contributed by atoms with Gasteiger partial charge in [-0.3, -0.25) is 0 Å². The van der Waals surface area contributed by atoms with Crippen molar-refractivity contribution in [3.8, 4) is 0 Å². The van der Waals surface area contributed by atoms with Gasteiger partial charge in [0.05, 0.1) is 0 Å². The molecule has 0 aliphatic heterocycles. The Morgan fingerprint density at radius 3 is 0.837 bits per heavy atom. The van der Waals surface area contributed by atoms with Crippen molar-refractivity contribution in [2.24, 2.45) is 0 Å². The van der Waals surface area contributed by atoms with Crippen LogP contribution in [0.3, 0.4) is 0 Å². The third-order valence-electron chi connectivity index (χ3n) is 6.76. The summed E-state index contributed by atoms with van der Waals surface area (Å²) in [5, 5.41) is 0. The molecule has 0 bridgehead atoms. The first-order valence-corrected chi connectivity index (χ1v) is 14.3. The van der Waals surface area contributed by atoms with Gasteiger partial charge in [-0.05, 0) is 0 Å². The molecular weight excluding hydrogens is 780 g/mol. The summed E-state index contributed by atoms with van der Waals surface area (Å²) < 4.78 is 209. The Labute approximate surface area is 285 Å². The molecule has 0 N–H and O–H groups in total. The molecule has 0 aromatic heterocycles. The van der Waals surface area contributed by atoms with E-state index in [4.69, 9.17) is 17.0 Å². The third-order valence-corrected chi connectivity index (χ3v) is 7.52. The van der Waals surface area contributed by atoms with Crippen molar-refractivity contribution in [1.29, 1.82) is 0 Å². The number of methoxy groups -OCH3 is 3. The van der Waals surface area contributed by atoms with Gasteiger partial charge in [-0.15, -0.1) is 0 Å². The first-order chi connectivity index (χ1) is 23.1. The Morgan fingerprint density at radius 2 is 0.612 bits per heavy atom. The molecule has 0 amide bonds. The van der Waals surface area contributed by atoms with E-state index < -0.39 is 155 Å². The zero-order valence-corrected chi connectivity index (χ0v) is 27.8. The van der Waals surface area contributed by atoms with Gasteiger partial charge in [-0.25, -0.2) is 0 Å². The summed E-state index contributed by atoms with van der Waals surface area (Å²) in [4.78, 5) is 0. The van der Waals surface area contributed by atoms with Gasteiger partial charge in [0.1, 0.15) is 0 Å². The van der Waals surface area contributed by atoms with E-state index in [2.05, 4.69) is 14.2 Å². The molecule has 0 saturated heterocycles. The van der Waals surface area contributed by atoms with E-state index in [0.29, 0.717) is 0 Å². The fourth-order valence-corrected chi connectivity index (χ4v) is 4.65. The molecule has 0 atom stereocenters. The first kappa shape index (κ1) is 40.8. The second-order valence-corrected chi connectivity index (χ2v) is 10.3. The van der Waals surface area contributed by atoms with Gasteiger partial charge < -0.3 is 0 Å². The molecule has 49 heavy (non-hydrogen) atoms. The minimum absolute atomic E-state index is 0.116. The zero-order chi connectivity index (χ0) is 36.8. The zero-order valence-electron chi connectivity index (χ0n) is 25.3. The van der Waals surface area contributed by atoms with E-state index in [1.165, 1.54) is 0 Å². The van der Waals surface area contributed by atoms with Crippen LogP contribution in [0.15, 0.2) is 0 Å². The monoisotopic (exact) mass is 801 g/mol. The number of hydrogen-bond acceptors (Lipinski definition) is 7. The number of halogens is 12. The van der Waals surface area contributed by atoms with Crippen LogP contribution in [0.1, 0.15) is 33.4 Å². The van der Waals surface area contributed by atoms with Crippen LogP contribution in [0.5, 0.6) is 0 Å². The molecule has 20 heteroatoms. The standard InChI is InChI=1S/C29H23F12O7.Zr/c1-43-4-11-17(30)23(36)14(24(37)18(11)31)7-46-10-29(42,47-8-15-25(38)19(32)12(5-44-2)20(33)26(15)39)48-9-16-27(40)21(34)13(6-45-3)22(35)28(16)41;/h4-10H2,1-3H3;/q-1;+1. The van der Waals surface area contributed by atoms with Gasteiger partial charge in [0.15, 0.2) is 0 Å². The molecule has 3 rings (SSSR count). The van der Waals surface area contributed by atoms with Crippen LogP contribution in [0, 0.1) is 69.8 Å². The molecule has 0 heterocycles. The molecule has 3 aromatic rings. The quantitative estimate of drug-likeness (QED) is 0.0839. The van der Waals surface area contributed by atoms with Crippen molar-refractivity contribution < 1.29 is 109 Å². The second kappa shape index (κ2) is 17.6. The summed E-state index contributed by atoms with van der Waals surface area (Å²) in [6.45, 7) is -8.41. The van der Waals surface area contributed by atoms with Crippen LogP contribution >= 0.6 is 0 Å².